The Morgan fingerprint density at radius 3 is 2.60 bits per heavy atom. The van der Waals surface area contributed by atoms with Gasteiger partial charge in [0.05, 0.1) is 18.0 Å². The molecule has 1 saturated heterocycles. The molecule has 2 aromatic heterocycles. The molecule has 1 atom stereocenters. The van der Waals surface area contributed by atoms with Crippen LogP contribution in [0.25, 0.3) is 5.82 Å². The highest BCUT2D eigenvalue weighted by atomic mass is 19.4. The van der Waals surface area contributed by atoms with E-state index in [4.69, 9.17) is 14.6 Å². The molecule has 35 heavy (non-hydrogen) atoms. The summed E-state index contributed by atoms with van der Waals surface area (Å²) in [5.74, 6) is -1.21. The SMILES string of the molecule is COCCN1c2cccnc2-n2cccc2C12CCN(C(=O)C1CCCC1)C2.O=C(O)C(F)(F)F. The number of alkyl halides is 3. The Labute approximate surface area is 201 Å². The molecule has 1 spiro atoms. The first kappa shape index (κ1) is 25.0. The Bertz CT molecular complexity index is 1070. The summed E-state index contributed by atoms with van der Waals surface area (Å²) >= 11 is 0. The fourth-order valence-corrected chi connectivity index (χ4v) is 5.46. The van der Waals surface area contributed by atoms with Gasteiger partial charge in [-0.05, 0) is 43.5 Å². The summed E-state index contributed by atoms with van der Waals surface area (Å²) in [5.41, 5.74) is 2.14. The van der Waals surface area contributed by atoms with Crippen LogP contribution in [0.4, 0.5) is 18.9 Å². The van der Waals surface area contributed by atoms with Gasteiger partial charge < -0.3 is 24.2 Å². The molecule has 0 aromatic carbocycles. The van der Waals surface area contributed by atoms with E-state index in [1.807, 2.05) is 12.3 Å². The third-order valence-corrected chi connectivity index (χ3v) is 7.05. The van der Waals surface area contributed by atoms with E-state index in [0.717, 1.165) is 50.4 Å². The first-order valence-electron chi connectivity index (χ1n) is 11.7. The molecule has 1 aliphatic carbocycles. The lowest BCUT2D eigenvalue weighted by Gasteiger charge is -2.47. The molecule has 5 rings (SSSR count). The number of halogens is 3. The van der Waals surface area contributed by atoms with Crippen molar-refractivity contribution in [2.75, 3.05) is 38.3 Å². The minimum atomic E-state index is -5.08. The number of aliphatic carboxylic acids is 1. The fourth-order valence-electron chi connectivity index (χ4n) is 5.46. The van der Waals surface area contributed by atoms with Crippen molar-refractivity contribution in [1.29, 1.82) is 0 Å². The summed E-state index contributed by atoms with van der Waals surface area (Å²) in [6.45, 7) is 2.99. The zero-order valence-electron chi connectivity index (χ0n) is 19.5. The Balaban J connectivity index is 0.000000364. The quantitative estimate of drug-likeness (QED) is 0.699. The number of rotatable bonds is 4. The Morgan fingerprint density at radius 2 is 1.94 bits per heavy atom. The molecule has 1 amide bonds. The van der Waals surface area contributed by atoms with Crippen molar-refractivity contribution in [2.45, 2.75) is 43.8 Å². The third-order valence-electron chi connectivity index (χ3n) is 7.05. The van der Waals surface area contributed by atoms with Gasteiger partial charge in [-0.3, -0.25) is 4.79 Å². The number of carbonyl (C=O) groups is 2. The normalized spacial score (nSPS) is 21.5. The molecule has 1 unspecified atom stereocenters. The summed E-state index contributed by atoms with van der Waals surface area (Å²) in [5, 5.41) is 7.12. The summed E-state index contributed by atoms with van der Waals surface area (Å²) < 4.78 is 39.4. The monoisotopic (exact) mass is 494 g/mol. The number of fused-ring (bicyclic) bond motifs is 4. The average Bonchev–Trinajstić information content (AvgIpc) is 3.60. The number of methoxy groups -OCH3 is 1. The molecule has 190 valence electrons. The number of carboxylic acid groups (broad SMARTS) is 1. The van der Waals surface area contributed by atoms with E-state index in [1.165, 1.54) is 18.5 Å². The molecule has 4 heterocycles. The number of likely N-dealkylation sites (tertiary alicyclic amines) is 1. The van der Waals surface area contributed by atoms with Crippen molar-refractivity contribution in [3.05, 3.63) is 42.4 Å². The topological polar surface area (TPSA) is 87.9 Å². The number of aromatic nitrogens is 2. The van der Waals surface area contributed by atoms with Gasteiger partial charge in [0.1, 0.15) is 5.54 Å². The predicted molar refractivity (Wildman–Crippen MR) is 121 cm³/mol. The molecule has 3 aliphatic rings. The first-order valence-corrected chi connectivity index (χ1v) is 11.7. The van der Waals surface area contributed by atoms with Gasteiger partial charge in [0.15, 0.2) is 5.82 Å². The van der Waals surface area contributed by atoms with Crippen LogP contribution in [0.3, 0.4) is 0 Å². The van der Waals surface area contributed by atoms with Crippen LogP contribution in [0.5, 0.6) is 0 Å². The highest BCUT2D eigenvalue weighted by Crippen LogP contribution is 2.47. The highest BCUT2D eigenvalue weighted by molar-refractivity contribution is 5.80. The van der Waals surface area contributed by atoms with Crippen LogP contribution in [0, 0.1) is 5.92 Å². The highest BCUT2D eigenvalue weighted by Gasteiger charge is 2.51. The smallest absolute Gasteiger partial charge is 0.475 e. The minimum absolute atomic E-state index is 0.216. The largest absolute Gasteiger partial charge is 0.490 e. The Morgan fingerprint density at radius 1 is 1.23 bits per heavy atom. The van der Waals surface area contributed by atoms with E-state index >= 15 is 0 Å². The van der Waals surface area contributed by atoms with Crippen molar-refractivity contribution in [2.24, 2.45) is 5.92 Å². The summed E-state index contributed by atoms with van der Waals surface area (Å²) in [6, 6.07) is 8.43. The zero-order chi connectivity index (χ0) is 25.2. The minimum Gasteiger partial charge on any atom is -0.475 e. The van der Waals surface area contributed by atoms with Crippen LogP contribution in [0.2, 0.25) is 0 Å². The number of hydrogen-bond donors (Lipinski definition) is 1. The van der Waals surface area contributed by atoms with Crippen molar-refractivity contribution in [1.82, 2.24) is 14.5 Å². The maximum Gasteiger partial charge on any atom is 0.490 e. The van der Waals surface area contributed by atoms with Gasteiger partial charge in [0.2, 0.25) is 5.91 Å². The van der Waals surface area contributed by atoms with Crippen LogP contribution in [-0.2, 0) is 19.9 Å². The molecule has 2 aliphatic heterocycles. The van der Waals surface area contributed by atoms with Gasteiger partial charge in [-0.2, -0.15) is 13.2 Å². The average molecular weight is 495 g/mol. The van der Waals surface area contributed by atoms with Crippen LogP contribution in [-0.4, -0.2) is 71.0 Å². The van der Waals surface area contributed by atoms with E-state index in [2.05, 4.69) is 43.7 Å². The van der Waals surface area contributed by atoms with Gasteiger partial charge in [-0.15, -0.1) is 0 Å². The lowest BCUT2D eigenvalue weighted by Crippen LogP contribution is -2.54. The second-order valence-corrected chi connectivity index (χ2v) is 9.08. The van der Waals surface area contributed by atoms with E-state index in [0.29, 0.717) is 12.5 Å². The Hall–Kier alpha value is -3.08. The number of nitrogens with zero attached hydrogens (tertiary/aromatic N) is 4. The van der Waals surface area contributed by atoms with E-state index in [9.17, 15) is 18.0 Å². The molecule has 0 bridgehead atoms. The molecule has 1 saturated carbocycles. The van der Waals surface area contributed by atoms with E-state index in [-0.39, 0.29) is 11.5 Å². The van der Waals surface area contributed by atoms with Crippen molar-refractivity contribution in [3.63, 3.8) is 0 Å². The maximum atomic E-state index is 13.2. The summed E-state index contributed by atoms with van der Waals surface area (Å²) in [4.78, 5) is 31.3. The van der Waals surface area contributed by atoms with Crippen LogP contribution >= 0.6 is 0 Å². The number of anilines is 1. The number of ether oxygens (including phenoxy) is 1. The second-order valence-electron chi connectivity index (χ2n) is 9.08. The lowest BCUT2D eigenvalue weighted by molar-refractivity contribution is -0.192. The molecular weight excluding hydrogens is 465 g/mol. The standard InChI is InChI=1S/C22H28N4O2.C2HF3O2/c1-28-15-14-26-18-8-4-11-23-20(18)25-12-5-9-19(25)22(26)10-13-24(16-22)21(27)17-6-2-3-7-17;3-2(4,5)1(6)7/h4-5,8-9,11-12,17H,2-3,6-7,10,13-16H2,1H3;(H,6,7). The maximum absolute atomic E-state index is 13.2. The summed E-state index contributed by atoms with van der Waals surface area (Å²) in [6.07, 6.45) is 4.29. The van der Waals surface area contributed by atoms with Gasteiger partial charge in [0.25, 0.3) is 0 Å². The van der Waals surface area contributed by atoms with Crippen LogP contribution < -0.4 is 4.90 Å². The molecular formula is C24H29F3N4O4. The summed E-state index contributed by atoms with van der Waals surface area (Å²) in [7, 11) is 1.74. The van der Waals surface area contributed by atoms with Gasteiger partial charge >= 0.3 is 12.1 Å². The number of amides is 1. The van der Waals surface area contributed by atoms with E-state index in [1.54, 1.807) is 7.11 Å². The van der Waals surface area contributed by atoms with Crippen molar-refractivity contribution in [3.8, 4) is 5.82 Å². The van der Waals surface area contributed by atoms with Gasteiger partial charge in [0, 0.05) is 45.1 Å². The first-order chi connectivity index (χ1) is 16.7. The van der Waals surface area contributed by atoms with Crippen molar-refractivity contribution >= 4 is 17.6 Å². The van der Waals surface area contributed by atoms with Crippen molar-refractivity contribution < 1.29 is 32.6 Å². The molecule has 2 fully saturated rings. The van der Waals surface area contributed by atoms with Crippen LogP contribution in [0.15, 0.2) is 36.7 Å². The molecule has 2 aromatic rings. The molecule has 8 nitrogen and oxygen atoms in total. The predicted octanol–water partition coefficient (Wildman–Crippen LogP) is 3.59. The third kappa shape index (κ3) is 4.73. The van der Waals surface area contributed by atoms with Crippen LogP contribution in [0.1, 0.15) is 37.8 Å². The number of carboxylic acids is 1. The molecule has 11 heteroatoms. The molecule has 1 N–H and O–H groups in total. The Kier molecular flexibility index (Phi) is 7.07. The lowest BCUT2D eigenvalue weighted by atomic mass is 9.89. The number of pyridine rings is 1. The fraction of sp³-hybridized carbons (Fsp3) is 0.542. The second kappa shape index (κ2) is 9.88. The molecule has 0 radical (unpaired) electrons. The number of carbonyl (C=O) groups excluding carboxylic acids is 1. The van der Waals surface area contributed by atoms with Gasteiger partial charge in [-0.25, -0.2) is 9.78 Å². The van der Waals surface area contributed by atoms with E-state index < -0.39 is 12.1 Å². The number of hydrogen-bond acceptors (Lipinski definition) is 5. The van der Waals surface area contributed by atoms with Gasteiger partial charge in [-0.1, -0.05) is 12.8 Å². The zero-order valence-corrected chi connectivity index (χ0v) is 19.5.